The summed E-state index contributed by atoms with van der Waals surface area (Å²) in [6.07, 6.45) is 4.94. The molecule has 3 heteroatoms. The Balaban J connectivity index is 1.80. The molecule has 1 aliphatic rings. The summed E-state index contributed by atoms with van der Waals surface area (Å²) in [5, 5.41) is 2.24. The summed E-state index contributed by atoms with van der Waals surface area (Å²) in [5.74, 6) is 0. The van der Waals surface area contributed by atoms with Crippen molar-refractivity contribution in [1.29, 1.82) is 0 Å². The molecule has 96 valence electrons. The van der Waals surface area contributed by atoms with Crippen molar-refractivity contribution in [2.45, 2.75) is 51.6 Å². The summed E-state index contributed by atoms with van der Waals surface area (Å²) in [6.45, 7) is 6.90. The number of hydrogen-bond acceptors (Lipinski definition) is 3. The zero-order valence-electron chi connectivity index (χ0n) is 11.0. The summed E-state index contributed by atoms with van der Waals surface area (Å²) in [7, 11) is 0. The lowest BCUT2D eigenvalue weighted by atomic mass is 10.0. The second-order valence-corrected chi connectivity index (χ2v) is 6.23. The van der Waals surface area contributed by atoms with Crippen LogP contribution in [0.3, 0.4) is 0 Å². The van der Waals surface area contributed by atoms with Gasteiger partial charge >= 0.3 is 0 Å². The molecule has 0 fully saturated rings. The van der Waals surface area contributed by atoms with Crippen molar-refractivity contribution >= 4 is 11.3 Å². The second-order valence-electron chi connectivity index (χ2n) is 5.23. The summed E-state index contributed by atoms with van der Waals surface area (Å²) in [6, 6.07) is 3.27. The van der Waals surface area contributed by atoms with Gasteiger partial charge in [-0.2, -0.15) is 0 Å². The Hall–Kier alpha value is -0.380. The third kappa shape index (κ3) is 3.30. The highest BCUT2D eigenvalue weighted by Gasteiger charge is 2.23. The highest BCUT2D eigenvalue weighted by atomic mass is 32.1. The summed E-state index contributed by atoms with van der Waals surface area (Å²) in [5.41, 5.74) is 7.34. The SMILES string of the molecule is CC(N)CCCCN1CCc2sccc2C1C. The Morgan fingerprint density at radius 2 is 2.35 bits per heavy atom. The van der Waals surface area contributed by atoms with Gasteiger partial charge < -0.3 is 5.73 Å². The van der Waals surface area contributed by atoms with E-state index in [0.29, 0.717) is 12.1 Å². The largest absolute Gasteiger partial charge is 0.328 e. The topological polar surface area (TPSA) is 29.3 Å². The summed E-state index contributed by atoms with van der Waals surface area (Å²) < 4.78 is 0. The van der Waals surface area contributed by atoms with Gasteiger partial charge in [-0.3, -0.25) is 4.90 Å². The lowest BCUT2D eigenvalue weighted by molar-refractivity contribution is 0.195. The molecule has 2 N–H and O–H groups in total. The average molecular weight is 252 g/mol. The van der Waals surface area contributed by atoms with Gasteiger partial charge in [0.1, 0.15) is 0 Å². The standard InChI is InChI=1S/C14H24N2S/c1-11(15)5-3-4-8-16-9-6-14-13(12(16)2)7-10-17-14/h7,10-12H,3-6,8-9,15H2,1-2H3. The monoisotopic (exact) mass is 252 g/mol. The smallest absolute Gasteiger partial charge is 0.0331 e. The molecule has 2 nitrogen and oxygen atoms in total. The fourth-order valence-electron chi connectivity index (χ4n) is 2.65. The van der Waals surface area contributed by atoms with Gasteiger partial charge in [0.2, 0.25) is 0 Å². The van der Waals surface area contributed by atoms with Gasteiger partial charge in [0.15, 0.2) is 0 Å². The average Bonchev–Trinajstić information content (AvgIpc) is 2.75. The van der Waals surface area contributed by atoms with E-state index < -0.39 is 0 Å². The zero-order chi connectivity index (χ0) is 12.3. The summed E-state index contributed by atoms with van der Waals surface area (Å²) >= 11 is 1.92. The Morgan fingerprint density at radius 1 is 1.53 bits per heavy atom. The number of fused-ring (bicyclic) bond motifs is 1. The lowest BCUT2D eigenvalue weighted by Gasteiger charge is -2.33. The van der Waals surface area contributed by atoms with Crippen LogP contribution in [0.1, 0.15) is 49.6 Å². The van der Waals surface area contributed by atoms with Crippen LogP contribution in [-0.4, -0.2) is 24.0 Å². The van der Waals surface area contributed by atoms with E-state index in [9.17, 15) is 0 Å². The minimum Gasteiger partial charge on any atom is -0.328 e. The van der Waals surface area contributed by atoms with Crippen LogP contribution in [0.25, 0.3) is 0 Å². The molecule has 2 rings (SSSR count). The molecule has 0 aromatic carbocycles. The molecule has 0 spiro atoms. The molecule has 1 aliphatic heterocycles. The van der Waals surface area contributed by atoms with Crippen molar-refractivity contribution < 1.29 is 0 Å². The van der Waals surface area contributed by atoms with E-state index >= 15 is 0 Å². The fraction of sp³-hybridized carbons (Fsp3) is 0.714. The molecule has 0 radical (unpaired) electrons. The van der Waals surface area contributed by atoms with E-state index in [0.717, 1.165) is 6.42 Å². The second kappa shape index (κ2) is 5.98. The predicted molar refractivity (Wildman–Crippen MR) is 75.5 cm³/mol. The number of thiophene rings is 1. The van der Waals surface area contributed by atoms with Crippen LogP contribution in [0.15, 0.2) is 11.4 Å². The first-order valence-corrected chi connectivity index (χ1v) is 7.62. The summed E-state index contributed by atoms with van der Waals surface area (Å²) in [4.78, 5) is 4.22. The highest BCUT2D eigenvalue weighted by molar-refractivity contribution is 7.10. The highest BCUT2D eigenvalue weighted by Crippen LogP contribution is 2.32. The Kier molecular flexibility index (Phi) is 4.60. The minimum absolute atomic E-state index is 0.359. The van der Waals surface area contributed by atoms with E-state index in [1.165, 1.54) is 32.4 Å². The first-order valence-electron chi connectivity index (χ1n) is 6.74. The number of unbranched alkanes of at least 4 members (excludes halogenated alkanes) is 1. The molecule has 1 aromatic heterocycles. The molecule has 0 saturated heterocycles. The Morgan fingerprint density at radius 3 is 3.12 bits per heavy atom. The maximum Gasteiger partial charge on any atom is 0.0331 e. The molecule has 1 aromatic rings. The molecule has 0 aliphatic carbocycles. The van der Waals surface area contributed by atoms with Gasteiger partial charge in [-0.15, -0.1) is 11.3 Å². The van der Waals surface area contributed by atoms with E-state index in [2.05, 4.69) is 30.2 Å². The van der Waals surface area contributed by atoms with Crippen molar-refractivity contribution in [1.82, 2.24) is 4.90 Å². The van der Waals surface area contributed by atoms with Gasteiger partial charge in [0, 0.05) is 23.5 Å². The van der Waals surface area contributed by atoms with E-state index in [-0.39, 0.29) is 0 Å². The van der Waals surface area contributed by atoms with Crippen molar-refractivity contribution in [2.24, 2.45) is 5.73 Å². The molecule has 0 saturated carbocycles. The minimum atomic E-state index is 0.359. The molecular weight excluding hydrogens is 228 g/mol. The van der Waals surface area contributed by atoms with Crippen LogP contribution >= 0.6 is 11.3 Å². The number of nitrogens with zero attached hydrogens (tertiary/aromatic N) is 1. The number of hydrogen-bond donors (Lipinski definition) is 1. The fourth-order valence-corrected chi connectivity index (χ4v) is 3.61. The van der Waals surface area contributed by atoms with E-state index in [1.807, 2.05) is 11.3 Å². The molecule has 2 heterocycles. The Labute approximate surface area is 109 Å². The Bertz CT molecular complexity index is 346. The van der Waals surface area contributed by atoms with E-state index in [1.54, 1.807) is 10.4 Å². The third-order valence-electron chi connectivity index (χ3n) is 3.76. The van der Waals surface area contributed by atoms with Crippen LogP contribution in [-0.2, 0) is 6.42 Å². The number of nitrogens with two attached hydrogens (primary N) is 1. The van der Waals surface area contributed by atoms with Gasteiger partial charge in [0.05, 0.1) is 0 Å². The van der Waals surface area contributed by atoms with Gasteiger partial charge in [-0.25, -0.2) is 0 Å². The lowest BCUT2D eigenvalue weighted by Crippen LogP contribution is -2.34. The molecule has 17 heavy (non-hydrogen) atoms. The van der Waals surface area contributed by atoms with Crippen LogP contribution in [0.2, 0.25) is 0 Å². The normalized spacial score (nSPS) is 22.4. The maximum atomic E-state index is 5.78. The van der Waals surface area contributed by atoms with Crippen LogP contribution in [0.4, 0.5) is 0 Å². The molecule has 2 unspecified atom stereocenters. The van der Waals surface area contributed by atoms with Crippen molar-refractivity contribution in [3.63, 3.8) is 0 Å². The third-order valence-corrected chi connectivity index (χ3v) is 4.76. The van der Waals surface area contributed by atoms with Crippen molar-refractivity contribution in [3.8, 4) is 0 Å². The molecular formula is C14H24N2S. The van der Waals surface area contributed by atoms with Crippen LogP contribution in [0, 0.1) is 0 Å². The molecule has 0 amide bonds. The van der Waals surface area contributed by atoms with Gasteiger partial charge in [-0.1, -0.05) is 6.42 Å². The van der Waals surface area contributed by atoms with Crippen LogP contribution < -0.4 is 5.73 Å². The van der Waals surface area contributed by atoms with Crippen molar-refractivity contribution in [2.75, 3.05) is 13.1 Å². The van der Waals surface area contributed by atoms with Crippen molar-refractivity contribution in [3.05, 3.63) is 21.9 Å². The van der Waals surface area contributed by atoms with Gasteiger partial charge in [0.25, 0.3) is 0 Å². The first kappa shape index (κ1) is 13.1. The quantitative estimate of drug-likeness (QED) is 0.816. The number of rotatable bonds is 5. The molecule has 2 atom stereocenters. The first-order chi connectivity index (χ1) is 8.18. The zero-order valence-corrected chi connectivity index (χ0v) is 11.8. The maximum absolute atomic E-state index is 5.78. The van der Waals surface area contributed by atoms with Crippen LogP contribution in [0.5, 0.6) is 0 Å². The van der Waals surface area contributed by atoms with E-state index in [4.69, 9.17) is 5.73 Å². The van der Waals surface area contributed by atoms with Gasteiger partial charge in [-0.05, 0) is 56.7 Å². The predicted octanol–water partition coefficient (Wildman–Crippen LogP) is 3.18. The molecule has 0 bridgehead atoms.